The molecule has 0 saturated carbocycles. The first kappa shape index (κ1) is 30.7. The largest absolute Gasteiger partial charge is 0.391 e. The fourth-order valence-corrected chi connectivity index (χ4v) is 8.20. The van der Waals surface area contributed by atoms with Crippen LogP contribution >= 0.6 is 0 Å². The number of urea groups is 1. The third kappa shape index (κ3) is 6.38. The first-order valence-corrected chi connectivity index (χ1v) is 16.9. The maximum Gasteiger partial charge on any atom is 0.329 e. The number of carbonyl (C=O) groups excluding carboxylic acids is 2. The van der Waals surface area contributed by atoms with Gasteiger partial charge in [0.25, 0.3) is 0 Å². The van der Waals surface area contributed by atoms with E-state index in [0.29, 0.717) is 57.2 Å². The Hall–Kier alpha value is -3.36. The van der Waals surface area contributed by atoms with Crippen molar-refractivity contribution >= 4 is 38.7 Å². The lowest BCUT2D eigenvalue weighted by atomic mass is 9.88. The Bertz CT molecular complexity index is 1640. The van der Waals surface area contributed by atoms with Crippen LogP contribution in [0.15, 0.2) is 47.4 Å². The van der Waals surface area contributed by atoms with Gasteiger partial charge in [0.15, 0.2) is 5.82 Å². The molecule has 3 aliphatic rings. The average Bonchev–Trinajstić information content (AvgIpc) is 3.33. The van der Waals surface area contributed by atoms with Crippen LogP contribution in [-0.4, -0.2) is 95.9 Å². The number of aliphatic hydroxyl groups excluding tert-OH is 1. The van der Waals surface area contributed by atoms with Gasteiger partial charge in [0.1, 0.15) is 0 Å². The van der Waals surface area contributed by atoms with Crippen molar-refractivity contribution in [3.63, 3.8) is 0 Å². The van der Waals surface area contributed by atoms with Crippen molar-refractivity contribution in [3.8, 4) is 0 Å². The van der Waals surface area contributed by atoms with Crippen LogP contribution in [0.3, 0.4) is 0 Å². The molecular formula is C31H41N7O5S. The first-order chi connectivity index (χ1) is 21.1. The molecule has 44 heavy (non-hydrogen) atoms. The Labute approximate surface area is 257 Å². The summed E-state index contributed by atoms with van der Waals surface area (Å²) in [5, 5.41) is 18.8. The Morgan fingerprint density at radius 2 is 1.77 bits per heavy atom. The number of fused-ring (bicyclic) bond motifs is 1. The standard InChI is InChI=1S/C31H41N7O5S/c1-35-28-19-23(5-6-27(28)30(34-35)38-16-11-29(40)33-31(38)41)22-7-12-36(13-8-22)20-25(39)17-21-3-2-4-26(18-21)44(42,43)37-14-9-24(32)10-15-37/h2-6,18-19,22,24-25,39H,7-17,20,32H2,1H3,(H,33,40,41). The lowest BCUT2D eigenvalue weighted by Crippen LogP contribution is -2.49. The summed E-state index contributed by atoms with van der Waals surface area (Å²) in [6, 6.07) is 12.8. The molecule has 1 aromatic heterocycles. The minimum atomic E-state index is -3.58. The second-order valence-electron chi connectivity index (χ2n) is 12.3. The molecule has 0 radical (unpaired) electrons. The molecule has 0 aliphatic carbocycles. The molecule has 236 valence electrons. The zero-order valence-corrected chi connectivity index (χ0v) is 25.9. The second-order valence-corrected chi connectivity index (χ2v) is 14.2. The Morgan fingerprint density at radius 3 is 2.50 bits per heavy atom. The summed E-state index contributed by atoms with van der Waals surface area (Å²) >= 11 is 0. The summed E-state index contributed by atoms with van der Waals surface area (Å²) in [6.07, 6.45) is 3.25. The Morgan fingerprint density at radius 1 is 1.02 bits per heavy atom. The van der Waals surface area contributed by atoms with Gasteiger partial charge >= 0.3 is 6.03 Å². The molecule has 6 rings (SSSR count). The second kappa shape index (κ2) is 12.6. The Kier molecular flexibility index (Phi) is 8.75. The number of nitrogens with zero attached hydrogens (tertiary/aromatic N) is 5. The van der Waals surface area contributed by atoms with E-state index in [1.165, 1.54) is 14.8 Å². The van der Waals surface area contributed by atoms with Crippen molar-refractivity contribution in [2.75, 3.05) is 44.2 Å². The van der Waals surface area contributed by atoms with Gasteiger partial charge < -0.3 is 15.7 Å². The van der Waals surface area contributed by atoms with Crippen LogP contribution in [-0.2, 0) is 28.3 Å². The number of likely N-dealkylation sites (tertiary alicyclic amines) is 1. The summed E-state index contributed by atoms with van der Waals surface area (Å²) < 4.78 is 29.6. The van der Waals surface area contributed by atoms with Crippen LogP contribution in [0, 0.1) is 0 Å². The van der Waals surface area contributed by atoms with Gasteiger partial charge in [0.05, 0.1) is 16.5 Å². The van der Waals surface area contributed by atoms with Gasteiger partial charge in [-0.1, -0.05) is 18.2 Å². The molecule has 13 heteroatoms. The highest BCUT2D eigenvalue weighted by molar-refractivity contribution is 7.89. The lowest BCUT2D eigenvalue weighted by molar-refractivity contribution is -0.120. The molecule has 3 saturated heterocycles. The number of benzene rings is 2. The number of aryl methyl sites for hydroxylation is 1. The molecule has 12 nitrogen and oxygen atoms in total. The van der Waals surface area contributed by atoms with Crippen LogP contribution in [0.2, 0.25) is 0 Å². The quantitative estimate of drug-likeness (QED) is 0.344. The van der Waals surface area contributed by atoms with Crippen LogP contribution in [0.1, 0.15) is 49.1 Å². The van der Waals surface area contributed by atoms with Crippen molar-refractivity contribution in [1.29, 1.82) is 0 Å². The number of carbonyl (C=O) groups is 2. The van der Waals surface area contributed by atoms with Crippen molar-refractivity contribution in [1.82, 2.24) is 24.3 Å². The maximum atomic E-state index is 13.2. The molecule has 1 atom stereocenters. The minimum Gasteiger partial charge on any atom is -0.391 e. The van der Waals surface area contributed by atoms with E-state index in [1.54, 1.807) is 22.9 Å². The number of rotatable bonds is 8. The topological polar surface area (TPSA) is 154 Å². The molecule has 3 aromatic rings. The van der Waals surface area contributed by atoms with E-state index >= 15 is 0 Å². The summed E-state index contributed by atoms with van der Waals surface area (Å²) in [7, 11) is -1.72. The van der Waals surface area contributed by atoms with Gasteiger partial charge in [-0.15, -0.1) is 0 Å². The molecule has 0 bridgehead atoms. The van der Waals surface area contributed by atoms with E-state index in [-0.39, 0.29) is 23.3 Å². The number of anilines is 1. The highest BCUT2D eigenvalue weighted by atomic mass is 32.2. The number of nitrogens with one attached hydrogen (secondary N) is 1. The number of aliphatic hydroxyl groups is 1. The summed E-state index contributed by atoms with van der Waals surface area (Å²) in [5.74, 6) is 0.655. The predicted octanol–water partition coefficient (Wildman–Crippen LogP) is 1.91. The fourth-order valence-electron chi connectivity index (χ4n) is 6.66. The first-order valence-electron chi connectivity index (χ1n) is 15.4. The third-order valence-corrected chi connectivity index (χ3v) is 11.1. The number of hydrogen-bond acceptors (Lipinski definition) is 8. The molecule has 3 fully saturated rings. The predicted molar refractivity (Wildman–Crippen MR) is 167 cm³/mol. The molecule has 1 unspecified atom stereocenters. The smallest absolute Gasteiger partial charge is 0.329 e. The van der Waals surface area contributed by atoms with E-state index in [9.17, 15) is 23.1 Å². The molecule has 2 aromatic carbocycles. The van der Waals surface area contributed by atoms with Gasteiger partial charge in [-0.25, -0.2) is 13.2 Å². The van der Waals surface area contributed by atoms with Gasteiger partial charge in [0, 0.05) is 51.1 Å². The van der Waals surface area contributed by atoms with Gasteiger partial charge in [-0.05, 0) is 86.5 Å². The van der Waals surface area contributed by atoms with Gasteiger partial charge in [-0.2, -0.15) is 9.40 Å². The molecule has 4 N–H and O–H groups in total. The summed E-state index contributed by atoms with van der Waals surface area (Å²) in [6.45, 7) is 3.40. The van der Waals surface area contributed by atoms with E-state index in [4.69, 9.17) is 5.73 Å². The van der Waals surface area contributed by atoms with Crippen molar-refractivity contribution < 1.29 is 23.1 Å². The number of β-amino-alcohol motifs (C(OH)–C–C–N with tert-alkyl or cyclic N) is 1. The van der Waals surface area contributed by atoms with E-state index in [0.717, 1.165) is 42.4 Å². The van der Waals surface area contributed by atoms with Crippen molar-refractivity contribution in [2.45, 2.75) is 61.5 Å². The van der Waals surface area contributed by atoms with Gasteiger partial charge in [0.2, 0.25) is 15.9 Å². The number of nitrogens with two attached hydrogens (primary N) is 1. The van der Waals surface area contributed by atoms with Crippen LogP contribution in [0.25, 0.3) is 10.9 Å². The normalized spacial score (nSPS) is 20.8. The summed E-state index contributed by atoms with van der Waals surface area (Å²) in [4.78, 5) is 28.0. The van der Waals surface area contributed by atoms with Crippen LogP contribution in [0.4, 0.5) is 10.6 Å². The van der Waals surface area contributed by atoms with Crippen molar-refractivity contribution in [3.05, 3.63) is 53.6 Å². The summed E-state index contributed by atoms with van der Waals surface area (Å²) in [5.41, 5.74) is 8.92. The minimum absolute atomic E-state index is 0.0520. The average molecular weight is 624 g/mol. The van der Waals surface area contributed by atoms with Crippen LogP contribution < -0.4 is 16.0 Å². The number of imide groups is 1. The SMILES string of the molecule is Cn1nc(N2CCC(=O)NC2=O)c2ccc(C3CCN(CC(O)Cc4cccc(S(=O)(=O)N5CCC(N)CC5)c4)CC3)cc21. The number of hydrogen-bond donors (Lipinski definition) is 3. The molecule has 3 amide bonds. The highest BCUT2D eigenvalue weighted by Gasteiger charge is 2.30. The number of sulfonamides is 1. The number of amides is 3. The van der Waals surface area contributed by atoms with Crippen LogP contribution in [0.5, 0.6) is 0 Å². The number of piperidine rings is 2. The maximum absolute atomic E-state index is 13.2. The third-order valence-electron chi connectivity index (χ3n) is 9.20. The lowest BCUT2D eigenvalue weighted by Gasteiger charge is -2.33. The van der Waals surface area contributed by atoms with Crippen molar-refractivity contribution in [2.24, 2.45) is 12.8 Å². The van der Waals surface area contributed by atoms with E-state index in [1.807, 2.05) is 19.2 Å². The number of aromatic nitrogens is 2. The molecule has 4 heterocycles. The molecular weight excluding hydrogens is 582 g/mol. The monoisotopic (exact) mass is 623 g/mol. The zero-order valence-electron chi connectivity index (χ0n) is 25.1. The molecule has 3 aliphatic heterocycles. The van der Waals surface area contributed by atoms with E-state index < -0.39 is 22.2 Å². The zero-order chi connectivity index (χ0) is 31.0. The highest BCUT2D eigenvalue weighted by Crippen LogP contribution is 2.33. The van der Waals surface area contributed by atoms with E-state index in [2.05, 4.69) is 27.4 Å². The fraction of sp³-hybridized carbons (Fsp3) is 0.516. The van der Waals surface area contributed by atoms with Gasteiger partial charge in [-0.3, -0.25) is 19.7 Å². The Balaban J connectivity index is 1.04. The molecule has 0 spiro atoms.